The van der Waals surface area contributed by atoms with E-state index in [2.05, 4.69) is 45.5 Å². The Morgan fingerprint density at radius 2 is 1.96 bits per heavy atom. The average molecular weight is 351 g/mol. The molecule has 4 rings (SSSR count). The van der Waals surface area contributed by atoms with Crippen molar-refractivity contribution in [3.8, 4) is 0 Å². The van der Waals surface area contributed by atoms with Gasteiger partial charge in [-0.1, -0.05) is 42.5 Å². The van der Waals surface area contributed by atoms with Crippen molar-refractivity contribution >= 4 is 11.0 Å². The van der Waals surface area contributed by atoms with Crippen LogP contribution < -0.4 is 0 Å². The molecule has 1 aliphatic heterocycles. The van der Waals surface area contributed by atoms with Crippen molar-refractivity contribution in [2.45, 2.75) is 32.2 Å². The van der Waals surface area contributed by atoms with Crippen LogP contribution in [0.1, 0.15) is 30.4 Å². The first-order valence-corrected chi connectivity index (χ1v) is 9.35. The minimum atomic E-state index is -0.0237. The fourth-order valence-electron chi connectivity index (χ4n) is 4.14. The first-order chi connectivity index (χ1) is 12.8. The number of benzene rings is 2. The number of likely N-dealkylation sites (tertiary alicyclic amines) is 1. The fraction of sp³-hybridized carbons (Fsp3) is 0.429. The summed E-state index contributed by atoms with van der Waals surface area (Å²) < 4.78 is 4.89. The summed E-state index contributed by atoms with van der Waals surface area (Å²) in [6.45, 7) is 3.03. The monoisotopic (exact) mass is 351 g/mol. The van der Waals surface area contributed by atoms with Crippen molar-refractivity contribution in [2.75, 3.05) is 19.7 Å². The molecule has 0 saturated carbocycles. The summed E-state index contributed by atoms with van der Waals surface area (Å²) in [5, 5.41) is 18.2. The molecule has 1 saturated heterocycles. The summed E-state index contributed by atoms with van der Waals surface area (Å²) >= 11 is 0. The van der Waals surface area contributed by atoms with Gasteiger partial charge in [0.1, 0.15) is 11.0 Å². The van der Waals surface area contributed by atoms with Gasteiger partial charge in [-0.25, -0.2) is 4.63 Å². The number of aromatic nitrogens is 2. The Labute approximate surface area is 153 Å². The number of fused-ring (bicyclic) bond motifs is 1. The Balaban J connectivity index is 1.46. The molecule has 0 bridgehead atoms. The lowest BCUT2D eigenvalue weighted by atomic mass is 9.76. The molecular weight excluding hydrogens is 326 g/mol. The van der Waals surface area contributed by atoms with Gasteiger partial charge >= 0.3 is 0 Å². The van der Waals surface area contributed by atoms with Gasteiger partial charge in [0.15, 0.2) is 0 Å². The van der Waals surface area contributed by atoms with Gasteiger partial charge < -0.3 is 5.11 Å². The lowest BCUT2D eigenvalue weighted by Gasteiger charge is -2.42. The van der Waals surface area contributed by atoms with Gasteiger partial charge in [0, 0.05) is 25.1 Å². The lowest BCUT2D eigenvalue weighted by molar-refractivity contribution is 0.0225. The Morgan fingerprint density at radius 1 is 1.08 bits per heavy atom. The second kappa shape index (κ2) is 7.56. The number of hydrogen-bond acceptors (Lipinski definition) is 5. The summed E-state index contributed by atoms with van der Waals surface area (Å²) in [6, 6.07) is 16.6. The topological polar surface area (TPSA) is 62.4 Å². The van der Waals surface area contributed by atoms with Crippen LogP contribution in [0, 0.1) is 5.41 Å². The molecule has 2 aromatic carbocycles. The van der Waals surface area contributed by atoms with Gasteiger partial charge in [0.25, 0.3) is 0 Å². The van der Waals surface area contributed by atoms with Gasteiger partial charge in [-0.05, 0) is 59.7 Å². The first kappa shape index (κ1) is 17.2. The molecule has 26 heavy (non-hydrogen) atoms. The third-order valence-corrected chi connectivity index (χ3v) is 5.63. The van der Waals surface area contributed by atoms with Crippen LogP contribution in [0.4, 0.5) is 0 Å². The van der Waals surface area contributed by atoms with Crippen molar-refractivity contribution in [2.24, 2.45) is 5.41 Å². The van der Waals surface area contributed by atoms with Crippen molar-refractivity contribution in [1.82, 2.24) is 15.2 Å². The van der Waals surface area contributed by atoms with Crippen LogP contribution in [0.15, 0.2) is 53.2 Å². The molecule has 5 heteroatoms. The lowest BCUT2D eigenvalue weighted by Crippen LogP contribution is -2.45. The van der Waals surface area contributed by atoms with E-state index in [9.17, 15) is 5.11 Å². The highest BCUT2D eigenvalue weighted by Crippen LogP contribution is 2.35. The quantitative estimate of drug-likeness (QED) is 0.737. The number of aliphatic hydroxyl groups is 1. The molecule has 0 radical (unpaired) electrons. The predicted molar refractivity (Wildman–Crippen MR) is 101 cm³/mol. The molecule has 1 atom stereocenters. The summed E-state index contributed by atoms with van der Waals surface area (Å²) in [5.74, 6) is 0. The highest BCUT2D eigenvalue weighted by Gasteiger charge is 2.34. The van der Waals surface area contributed by atoms with Crippen molar-refractivity contribution < 1.29 is 9.74 Å². The molecule has 1 aromatic heterocycles. The molecule has 2 heterocycles. The number of rotatable bonds is 6. The zero-order valence-corrected chi connectivity index (χ0v) is 15.0. The van der Waals surface area contributed by atoms with E-state index < -0.39 is 0 Å². The van der Waals surface area contributed by atoms with Crippen LogP contribution in [0.5, 0.6) is 0 Å². The van der Waals surface area contributed by atoms with E-state index in [1.165, 1.54) is 5.56 Å². The van der Waals surface area contributed by atoms with Crippen LogP contribution in [-0.4, -0.2) is 40.0 Å². The second-order valence-electron chi connectivity index (χ2n) is 7.51. The highest BCUT2D eigenvalue weighted by molar-refractivity contribution is 5.76. The van der Waals surface area contributed by atoms with Gasteiger partial charge in [0.05, 0.1) is 0 Å². The van der Waals surface area contributed by atoms with Gasteiger partial charge in [-0.3, -0.25) is 4.90 Å². The average Bonchev–Trinajstić information content (AvgIpc) is 3.17. The maximum atomic E-state index is 10.2. The zero-order chi connectivity index (χ0) is 17.8. The molecule has 0 aliphatic carbocycles. The maximum Gasteiger partial charge on any atom is 0.139 e. The van der Waals surface area contributed by atoms with Crippen LogP contribution in [0.3, 0.4) is 0 Å². The molecule has 1 fully saturated rings. The number of aliphatic hydroxyl groups excluding tert-OH is 1. The fourth-order valence-corrected chi connectivity index (χ4v) is 4.14. The minimum Gasteiger partial charge on any atom is -0.396 e. The Hall–Kier alpha value is -2.24. The molecule has 3 aromatic rings. The number of aryl methyl sites for hydroxylation is 1. The van der Waals surface area contributed by atoms with Crippen LogP contribution in [0.25, 0.3) is 11.0 Å². The Morgan fingerprint density at radius 3 is 2.81 bits per heavy atom. The molecular formula is C21H25N3O2. The molecule has 1 N–H and O–H groups in total. The SMILES string of the molecule is OC[C@@]1(CCc2ccccc2)CCCN(Cc2cccc3nonc23)C1. The molecule has 0 unspecified atom stereocenters. The molecule has 5 nitrogen and oxygen atoms in total. The summed E-state index contributed by atoms with van der Waals surface area (Å²) in [5.41, 5.74) is 4.11. The molecule has 136 valence electrons. The summed E-state index contributed by atoms with van der Waals surface area (Å²) in [6.07, 6.45) is 4.22. The third kappa shape index (κ3) is 3.64. The van der Waals surface area contributed by atoms with E-state index in [0.29, 0.717) is 0 Å². The number of piperidine rings is 1. The van der Waals surface area contributed by atoms with Crippen LogP contribution >= 0.6 is 0 Å². The third-order valence-electron chi connectivity index (χ3n) is 5.63. The number of nitrogens with zero attached hydrogens (tertiary/aromatic N) is 3. The standard InChI is InChI=1S/C21H25N3O2/c25-16-21(12-10-17-6-2-1-3-7-17)11-5-13-24(15-21)14-18-8-4-9-19-20(18)23-26-22-19/h1-4,6-9,25H,5,10-16H2/t21-/m1/s1. The minimum absolute atomic E-state index is 0.0237. The zero-order valence-electron chi connectivity index (χ0n) is 15.0. The van der Waals surface area contributed by atoms with Crippen molar-refractivity contribution in [3.05, 3.63) is 59.7 Å². The van der Waals surface area contributed by atoms with E-state index in [4.69, 9.17) is 4.63 Å². The van der Waals surface area contributed by atoms with E-state index in [-0.39, 0.29) is 12.0 Å². The normalized spacial score (nSPS) is 21.3. The highest BCUT2D eigenvalue weighted by atomic mass is 16.6. The molecule has 1 aliphatic rings. The van der Waals surface area contributed by atoms with Gasteiger partial charge in [-0.2, -0.15) is 0 Å². The maximum absolute atomic E-state index is 10.2. The van der Waals surface area contributed by atoms with Crippen LogP contribution in [-0.2, 0) is 13.0 Å². The molecule has 0 amide bonds. The Bertz CT molecular complexity index is 849. The van der Waals surface area contributed by atoms with E-state index in [1.807, 2.05) is 18.2 Å². The smallest absolute Gasteiger partial charge is 0.139 e. The number of hydrogen-bond donors (Lipinski definition) is 1. The van der Waals surface area contributed by atoms with E-state index in [1.54, 1.807) is 0 Å². The van der Waals surface area contributed by atoms with E-state index in [0.717, 1.165) is 61.9 Å². The van der Waals surface area contributed by atoms with Crippen molar-refractivity contribution in [3.63, 3.8) is 0 Å². The van der Waals surface area contributed by atoms with Crippen molar-refractivity contribution in [1.29, 1.82) is 0 Å². The predicted octanol–water partition coefficient (Wildman–Crippen LogP) is 3.43. The van der Waals surface area contributed by atoms with Gasteiger partial charge in [0.2, 0.25) is 0 Å². The molecule has 0 spiro atoms. The Kier molecular flexibility index (Phi) is 5.00. The first-order valence-electron chi connectivity index (χ1n) is 9.35. The van der Waals surface area contributed by atoms with Gasteiger partial charge in [-0.15, -0.1) is 0 Å². The second-order valence-corrected chi connectivity index (χ2v) is 7.51. The summed E-state index contributed by atoms with van der Waals surface area (Å²) in [4.78, 5) is 2.44. The summed E-state index contributed by atoms with van der Waals surface area (Å²) in [7, 11) is 0. The largest absolute Gasteiger partial charge is 0.396 e. The van der Waals surface area contributed by atoms with E-state index >= 15 is 0 Å². The van der Waals surface area contributed by atoms with Crippen LogP contribution in [0.2, 0.25) is 0 Å².